The zero-order valence-corrected chi connectivity index (χ0v) is 12.8. The molecule has 2 unspecified atom stereocenters. The summed E-state index contributed by atoms with van der Waals surface area (Å²) in [5.74, 6) is -0.367. The maximum absolute atomic E-state index is 12.3. The SMILES string of the molecule is CCCNC1(C(N)=O)CCCC1CCN(C)CC(F)(F)F. The molecular formula is C14H26F3N3O. The van der Waals surface area contributed by atoms with E-state index in [0.717, 1.165) is 19.3 Å². The van der Waals surface area contributed by atoms with E-state index in [1.165, 1.54) is 11.9 Å². The Morgan fingerprint density at radius 3 is 2.67 bits per heavy atom. The number of nitrogens with one attached hydrogen (secondary N) is 1. The molecule has 1 fully saturated rings. The van der Waals surface area contributed by atoms with Crippen molar-refractivity contribution in [3.05, 3.63) is 0 Å². The van der Waals surface area contributed by atoms with Gasteiger partial charge in [-0.25, -0.2) is 0 Å². The second-order valence-electron chi connectivity index (χ2n) is 5.99. The molecule has 1 amide bonds. The molecule has 0 aliphatic heterocycles. The van der Waals surface area contributed by atoms with Gasteiger partial charge in [0.15, 0.2) is 0 Å². The van der Waals surface area contributed by atoms with Gasteiger partial charge in [-0.2, -0.15) is 13.2 Å². The number of halogens is 3. The molecule has 1 saturated carbocycles. The third-order valence-electron chi connectivity index (χ3n) is 4.26. The summed E-state index contributed by atoms with van der Waals surface area (Å²) in [4.78, 5) is 13.1. The van der Waals surface area contributed by atoms with Crippen LogP contribution in [-0.2, 0) is 4.79 Å². The number of primary amides is 1. The van der Waals surface area contributed by atoms with Crippen molar-refractivity contribution in [2.75, 3.05) is 26.7 Å². The lowest BCUT2D eigenvalue weighted by Crippen LogP contribution is -2.58. The van der Waals surface area contributed by atoms with Crippen molar-refractivity contribution < 1.29 is 18.0 Å². The van der Waals surface area contributed by atoms with Gasteiger partial charge in [0.1, 0.15) is 5.54 Å². The van der Waals surface area contributed by atoms with Gasteiger partial charge in [0.2, 0.25) is 5.91 Å². The van der Waals surface area contributed by atoms with Crippen LogP contribution in [0.4, 0.5) is 13.2 Å². The number of carbonyl (C=O) groups is 1. The van der Waals surface area contributed by atoms with Gasteiger partial charge >= 0.3 is 6.18 Å². The molecule has 0 aromatic rings. The topological polar surface area (TPSA) is 58.4 Å². The van der Waals surface area contributed by atoms with E-state index in [0.29, 0.717) is 25.9 Å². The average Bonchev–Trinajstić information content (AvgIpc) is 2.76. The van der Waals surface area contributed by atoms with E-state index in [-0.39, 0.29) is 11.8 Å². The van der Waals surface area contributed by atoms with Crippen LogP contribution in [0.25, 0.3) is 0 Å². The fourth-order valence-electron chi connectivity index (χ4n) is 3.22. The van der Waals surface area contributed by atoms with Crippen LogP contribution in [0.15, 0.2) is 0 Å². The van der Waals surface area contributed by atoms with Crippen LogP contribution < -0.4 is 11.1 Å². The van der Waals surface area contributed by atoms with E-state index >= 15 is 0 Å². The smallest absolute Gasteiger partial charge is 0.368 e. The van der Waals surface area contributed by atoms with Crippen molar-refractivity contribution in [1.82, 2.24) is 10.2 Å². The van der Waals surface area contributed by atoms with Gasteiger partial charge < -0.3 is 11.1 Å². The lowest BCUT2D eigenvalue weighted by Gasteiger charge is -2.34. The Balaban J connectivity index is 2.61. The number of alkyl halides is 3. The van der Waals surface area contributed by atoms with Gasteiger partial charge in [0.25, 0.3) is 0 Å². The number of rotatable bonds is 8. The van der Waals surface area contributed by atoms with E-state index in [1.807, 2.05) is 6.92 Å². The van der Waals surface area contributed by atoms with E-state index in [2.05, 4.69) is 5.32 Å². The summed E-state index contributed by atoms with van der Waals surface area (Å²) >= 11 is 0. The summed E-state index contributed by atoms with van der Waals surface area (Å²) in [5.41, 5.74) is 4.84. The van der Waals surface area contributed by atoms with Gasteiger partial charge in [-0.3, -0.25) is 9.69 Å². The Kier molecular flexibility index (Phi) is 6.46. The highest BCUT2D eigenvalue weighted by Gasteiger charge is 2.46. The number of nitrogens with zero attached hydrogens (tertiary/aromatic N) is 1. The number of carbonyl (C=O) groups excluding carboxylic acids is 1. The quantitative estimate of drug-likeness (QED) is 0.720. The lowest BCUT2D eigenvalue weighted by atomic mass is 9.83. The summed E-state index contributed by atoms with van der Waals surface area (Å²) in [5, 5.41) is 3.25. The molecule has 1 aliphatic carbocycles. The Bertz CT molecular complexity index is 349. The van der Waals surface area contributed by atoms with E-state index in [9.17, 15) is 18.0 Å². The molecule has 1 aliphatic rings. The fraction of sp³-hybridized carbons (Fsp3) is 0.929. The van der Waals surface area contributed by atoms with Gasteiger partial charge in [0, 0.05) is 0 Å². The van der Waals surface area contributed by atoms with E-state index < -0.39 is 18.3 Å². The van der Waals surface area contributed by atoms with Crippen molar-refractivity contribution in [3.63, 3.8) is 0 Å². The zero-order valence-electron chi connectivity index (χ0n) is 12.8. The molecule has 0 aromatic heterocycles. The molecule has 0 spiro atoms. The third-order valence-corrected chi connectivity index (χ3v) is 4.26. The molecule has 7 heteroatoms. The van der Waals surface area contributed by atoms with Crippen LogP contribution in [0, 0.1) is 5.92 Å². The number of hydrogen-bond acceptors (Lipinski definition) is 3. The predicted molar refractivity (Wildman–Crippen MR) is 75.7 cm³/mol. The van der Waals surface area contributed by atoms with Crippen LogP contribution in [-0.4, -0.2) is 49.2 Å². The molecule has 3 N–H and O–H groups in total. The Hall–Kier alpha value is -0.820. The largest absolute Gasteiger partial charge is 0.401 e. The molecule has 0 saturated heterocycles. The summed E-state index contributed by atoms with van der Waals surface area (Å²) in [6.45, 7) is 2.08. The van der Waals surface area contributed by atoms with Crippen molar-refractivity contribution in [3.8, 4) is 0 Å². The molecule has 2 atom stereocenters. The molecule has 124 valence electrons. The molecule has 0 radical (unpaired) electrons. The molecule has 0 heterocycles. The maximum atomic E-state index is 12.3. The van der Waals surface area contributed by atoms with E-state index in [1.54, 1.807) is 0 Å². The summed E-state index contributed by atoms with van der Waals surface area (Å²) < 4.78 is 37.0. The first-order valence-corrected chi connectivity index (χ1v) is 7.51. The number of amides is 1. The minimum atomic E-state index is -4.19. The van der Waals surface area contributed by atoms with Crippen LogP contribution >= 0.6 is 0 Å². The molecule has 1 rings (SSSR count). The first-order valence-electron chi connectivity index (χ1n) is 7.51. The highest BCUT2D eigenvalue weighted by molar-refractivity contribution is 5.85. The van der Waals surface area contributed by atoms with Gasteiger partial charge in [-0.1, -0.05) is 13.3 Å². The molecule has 0 aromatic carbocycles. The van der Waals surface area contributed by atoms with Gasteiger partial charge in [-0.05, 0) is 51.7 Å². The summed E-state index contributed by atoms with van der Waals surface area (Å²) in [6, 6.07) is 0. The fourth-order valence-corrected chi connectivity index (χ4v) is 3.22. The lowest BCUT2D eigenvalue weighted by molar-refractivity contribution is -0.143. The normalized spacial score (nSPS) is 26.5. The van der Waals surface area contributed by atoms with Crippen molar-refractivity contribution in [2.45, 2.75) is 50.7 Å². The highest BCUT2D eigenvalue weighted by atomic mass is 19.4. The Morgan fingerprint density at radius 2 is 2.14 bits per heavy atom. The molecule has 21 heavy (non-hydrogen) atoms. The number of hydrogen-bond donors (Lipinski definition) is 2. The summed E-state index contributed by atoms with van der Waals surface area (Å²) in [7, 11) is 1.45. The van der Waals surface area contributed by atoms with Crippen molar-refractivity contribution in [1.29, 1.82) is 0 Å². The van der Waals surface area contributed by atoms with Crippen LogP contribution in [0.1, 0.15) is 39.0 Å². The number of nitrogens with two attached hydrogens (primary N) is 1. The van der Waals surface area contributed by atoms with Crippen molar-refractivity contribution >= 4 is 5.91 Å². The van der Waals surface area contributed by atoms with Crippen LogP contribution in [0.2, 0.25) is 0 Å². The monoisotopic (exact) mass is 309 g/mol. The van der Waals surface area contributed by atoms with E-state index in [4.69, 9.17) is 5.73 Å². The van der Waals surface area contributed by atoms with Crippen LogP contribution in [0.5, 0.6) is 0 Å². The first-order chi connectivity index (χ1) is 9.71. The Labute approximate surface area is 124 Å². The standard InChI is InChI=1S/C14H26F3N3O/c1-3-8-19-13(12(18)21)7-4-5-11(13)6-9-20(2)10-14(15,16)17/h11,19H,3-10H2,1-2H3,(H2,18,21). The maximum Gasteiger partial charge on any atom is 0.401 e. The zero-order chi connectivity index (χ0) is 16.1. The molecule has 4 nitrogen and oxygen atoms in total. The van der Waals surface area contributed by atoms with Crippen molar-refractivity contribution in [2.24, 2.45) is 11.7 Å². The second-order valence-corrected chi connectivity index (χ2v) is 5.99. The summed E-state index contributed by atoms with van der Waals surface area (Å²) in [6.07, 6.45) is -0.365. The highest BCUT2D eigenvalue weighted by Crippen LogP contribution is 2.38. The molecule has 0 bridgehead atoms. The van der Waals surface area contributed by atoms with Gasteiger partial charge in [0.05, 0.1) is 6.54 Å². The van der Waals surface area contributed by atoms with Crippen LogP contribution in [0.3, 0.4) is 0 Å². The predicted octanol–water partition coefficient (Wildman–Crippen LogP) is 1.89. The minimum Gasteiger partial charge on any atom is -0.368 e. The molecular weight excluding hydrogens is 283 g/mol. The third kappa shape index (κ3) is 5.14. The second kappa shape index (κ2) is 7.45. The Morgan fingerprint density at radius 1 is 1.48 bits per heavy atom. The first kappa shape index (κ1) is 18.2. The average molecular weight is 309 g/mol. The van der Waals surface area contributed by atoms with Gasteiger partial charge in [-0.15, -0.1) is 0 Å². The minimum absolute atomic E-state index is 0.0113.